The van der Waals surface area contributed by atoms with E-state index in [4.69, 9.17) is 23.2 Å². The van der Waals surface area contributed by atoms with E-state index in [1.54, 1.807) is 18.2 Å². The molecule has 0 spiro atoms. The SMILES string of the molecule is COC(=O)c1ccc(-c2ccc(C=C(C#N)C(N)=S)cc2)cc1. The van der Waals surface area contributed by atoms with Gasteiger partial charge in [-0.2, -0.15) is 5.26 Å². The molecule has 0 aliphatic rings. The molecule has 0 unspecified atom stereocenters. The van der Waals surface area contributed by atoms with Crippen LogP contribution in [0.5, 0.6) is 0 Å². The van der Waals surface area contributed by atoms with Crippen LogP contribution in [0.15, 0.2) is 54.1 Å². The Morgan fingerprint density at radius 1 is 1.13 bits per heavy atom. The predicted octanol–water partition coefficient (Wildman–Crippen LogP) is 3.33. The Kier molecular flexibility index (Phi) is 5.23. The van der Waals surface area contributed by atoms with E-state index in [9.17, 15) is 4.79 Å². The van der Waals surface area contributed by atoms with E-state index in [-0.39, 0.29) is 16.5 Å². The van der Waals surface area contributed by atoms with E-state index in [1.165, 1.54) is 7.11 Å². The number of carbonyl (C=O) groups is 1. The molecule has 0 bridgehead atoms. The van der Waals surface area contributed by atoms with Crippen molar-refractivity contribution in [1.29, 1.82) is 5.26 Å². The maximum atomic E-state index is 11.4. The summed E-state index contributed by atoms with van der Waals surface area (Å²) >= 11 is 4.81. The van der Waals surface area contributed by atoms with Crippen LogP contribution in [-0.4, -0.2) is 18.1 Å². The number of hydrogen-bond acceptors (Lipinski definition) is 4. The summed E-state index contributed by atoms with van der Waals surface area (Å²) in [7, 11) is 1.35. The van der Waals surface area contributed by atoms with Crippen LogP contribution in [-0.2, 0) is 4.74 Å². The summed E-state index contributed by atoms with van der Waals surface area (Å²) in [6, 6.07) is 16.7. The number of rotatable bonds is 4. The second kappa shape index (κ2) is 7.34. The van der Waals surface area contributed by atoms with Gasteiger partial charge in [-0.1, -0.05) is 48.6 Å². The number of thiocarbonyl (C=S) groups is 1. The van der Waals surface area contributed by atoms with E-state index in [0.29, 0.717) is 5.56 Å². The van der Waals surface area contributed by atoms with Gasteiger partial charge in [0.1, 0.15) is 11.1 Å². The molecule has 0 amide bonds. The first-order valence-electron chi connectivity index (χ1n) is 6.75. The summed E-state index contributed by atoms with van der Waals surface area (Å²) in [5, 5.41) is 8.96. The highest BCUT2D eigenvalue weighted by molar-refractivity contribution is 7.80. The molecule has 2 rings (SSSR count). The number of carbonyl (C=O) groups excluding carboxylic acids is 1. The zero-order chi connectivity index (χ0) is 16.8. The smallest absolute Gasteiger partial charge is 0.337 e. The van der Waals surface area contributed by atoms with Gasteiger partial charge in [0.2, 0.25) is 0 Å². The van der Waals surface area contributed by atoms with Gasteiger partial charge in [0.25, 0.3) is 0 Å². The number of esters is 1. The topological polar surface area (TPSA) is 76.1 Å². The third-order valence-electron chi connectivity index (χ3n) is 3.25. The third-order valence-corrected chi connectivity index (χ3v) is 3.47. The van der Waals surface area contributed by atoms with Gasteiger partial charge >= 0.3 is 5.97 Å². The molecule has 2 N–H and O–H groups in total. The molecule has 5 heteroatoms. The number of nitrogens with zero attached hydrogens (tertiary/aromatic N) is 1. The highest BCUT2D eigenvalue weighted by Crippen LogP contribution is 2.21. The second-order valence-corrected chi connectivity index (χ2v) is 5.16. The Morgan fingerprint density at radius 2 is 1.65 bits per heavy atom. The summed E-state index contributed by atoms with van der Waals surface area (Å²) in [6.07, 6.45) is 1.65. The van der Waals surface area contributed by atoms with Crippen LogP contribution in [0.25, 0.3) is 17.2 Å². The number of benzene rings is 2. The van der Waals surface area contributed by atoms with Gasteiger partial charge in [-0.15, -0.1) is 0 Å². The monoisotopic (exact) mass is 322 g/mol. The number of nitriles is 1. The Bertz CT molecular complexity index is 800. The molecule has 2 aromatic carbocycles. The molecule has 0 aliphatic heterocycles. The van der Waals surface area contributed by atoms with Gasteiger partial charge in [-0.25, -0.2) is 4.79 Å². The number of nitrogens with two attached hydrogens (primary N) is 1. The Hall–Kier alpha value is -2.97. The maximum absolute atomic E-state index is 11.4. The molecule has 114 valence electrons. The lowest BCUT2D eigenvalue weighted by atomic mass is 10.0. The average molecular weight is 322 g/mol. The first-order valence-corrected chi connectivity index (χ1v) is 7.16. The van der Waals surface area contributed by atoms with Crippen LogP contribution in [0.1, 0.15) is 15.9 Å². The molecule has 0 radical (unpaired) electrons. The van der Waals surface area contributed by atoms with Crippen LogP contribution in [0.2, 0.25) is 0 Å². The molecule has 0 atom stereocenters. The van der Waals surface area contributed by atoms with Crippen LogP contribution >= 0.6 is 12.2 Å². The Morgan fingerprint density at radius 3 is 2.09 bits per heavy atom. The minimum absolute atomic E-state index is 0.0787. The zero-order valence-electron chi connectivity index (χ0n) is 12.4. The second-order valence-electron chi connectivity index (χ2n) is 4.73. The molecule has 0 saturated heterocycles. The highest BCUT2D eigenvalue weighted by atomic mass is 32.1. The highest BCUT2D eigenvalue weighted by Gasteiger charge is 2.05. The van der Waals surface area contributed by atoms with E-state index >= 15 is 0 Å². The van der Waals surface area contributed by atoms with Crippen molar-refractivity contribution in [1.82, 2.24) is 0 Å². The lowest BCUT2D eigenvalue weighted by Crippen LogP contribution is -2.09. The molecule has 23 heavy (non-hydrogen) atoms. The standard InChI is InChI=1S/C18H14N2O2S/c1-22-18(21)15-8-6-14(7-9-15)13-4-2-12(3-5-13)10-16(11-19)17(20)23/h2-10H,1H3,(H2,20,23). The molecule has 0 fully saturated rings. The summed E-state index contributed by atoms with van der Waals surface area (Å²) in [5.41, 5.74) is 9.05. The molecule has 0 aromatic heterocycles. The van der Waals surface area contributed by atoms with Gasteiger partial charge in [0.05, 0.1) is 18.2 Å². The lowest BCUT2D eigenvalue weighted by molar-refractivity contribution is 0.0601. The summed E-state index contributed by atoms with van der Waals surface area (Å²) < 4.78 is 4.67. The minimum atomic E-state index is -0.362. The summed E-state index contributed by atoms with van der Waals surface area (Å²) in [6.45, 7) is 0. The normalized spacial score (nSPS) is 10.7. The maximum Gasteiger partial charge on any atom is 0.337 e. The van der Waals surface area contributed by atoms with Gasteiger partial charge in [0, 0.05) is 0 Å². The van der Waals surface area contributed by atoms with E-state index in [2.05, 4.69) is 4.74 Å². The molecule has 2 aromatic rings. The van der Waals surface area contributed by atoms with E-state index < -0.39 is 0 Å². The van der Waals surface area contributed by atoms with Crippen LogP contribution < -0.4 is 5.73 Å². The fourth-order valence-corrected chi connectivity index (χ4v) is 2.12. The Labute approximate surface area is 139 Å². The Balaban J connectivity index is 2.25. The molecule has 0 saturated carbocycles. The largest absolute Gasteiger partial charge is 0.465 e. The first kappa shape index (κ1) is 16.4. The van der Waals surface area contributed by atoms with Crippen molar-refractivity contribution < 1.29 is 9.53 Å². The molecular formula is C18H14N2O2S. The third kappa shape index (κ3) is 4.02. The van der Waals surface area contributed by atoms with Crippen molar-refractivity contribution in [2.24, 2.45) is 5.73 Å². The predicted molar refractivity (Wildman–Crippen MR) is 93.6 cm³/mol. The molecule has 4 nitrogen and oxygen atoms in total. The van der Waals surface area contributed by atoms with Crippen LogP contribution in [0, 0.1) is 11.3 Å². The van der Waals surface area contributed by atoms with Crippen molar-refractivity contribution in [3.8, 4) is 17.2 Å². The number of ether oxygens (including phenoxy) is 1. The van der Waals surface area contributed by atoms with Crippen molar-refractivity contribution in [2.75, 3.05) is 7.11 Å². The van der Waals surface area contributed by atoms with Crippen molar-refractivity contribution >= 4 is 29.3 Å². The molecule has 0 heterocycles. The van der Waals surface area contributed by atoms with Crippen molar-refractivity contribution in [2.45, 2.75) is 0 Å². The van der Waals surface area contributed by atoms with Gasteiger partial charge in [-0.05, 0) is 34.9 Å². The summed E-state index contributed by atoms with van der Waals surface area (Å²) in [5.74, 6) is -0.362. The zero-order valence-corrected chi connectivity index (χ0v) is 13.3. The van der Waals surface area contributed by atoms with Crippen LogP contribution in [0.3, 0.4) is 0 Å². The van der Waals surface area contributed by atoms with Gasteiger partial charge in [-0.3, -0.25) is 0 Å². The van der Waals surface area contributed by atoms with E-state index in [1.807, 2.05) is 42.5 Å². The van der Waals surface area contributed by atoms with Crippen molar-refractivity contribution in [3.05, 3.63) is 65.2 Å². The summed E-state index contributed by atoms with van der Waals surface area (Å²) in [4.78, 5) is 11.5. The fraction of sp³-hybridized carbons (Fsp3) is 0.0556. The minimum Gasteiger partial charge on any atom is -0.465 e. The number of hydrogen-bond donors (Lipinski definition) is 1. The quantitative estimate of drug-likeness (QED) is 0.404. The first-order chi connectivity index (χ1) is 11.0. The van der Waals surface area contributed by atoms with Gasteiger partial charge in [0.15, 0.2) is 0 Å². The lowest BCUT2D eigenvalue weighted by Gasteiger charge is -2.04. The van der Waals surface area contributed by atoms with Crippen molar-refractivity contribution in [3.63, 3.8) is 0 Å². The fourth-order valence-electron chi connectivity index (χ4n) is 2.01. The molecular weight excluding hydrogens is 308 g/mol. The average Bonchev–Trinajstić information content (AvgIpc) is 2.59. The van der Waals surface area contributed by atoms with E-state index in [0.717, 1.165) is 16.7 Å². The van der Waals surface area contributed by atoms with Crippen LogP contribution in [0.4, 0.5) is 0 Å². The van der Waals surface area contributed by atoms with Gasteiger partial charge < -0.3 is 10.5 Å². The number of methoxy groups -OCH3 is 1. The molecule has 0 aliphatic carbocycles.